The minimum absolute atomic E-state index is 0.203. The largest absolute Gasteiger partial charge is 0.343 e. The molecule has 0 unspecified atom stereocenters. The minimum atomic E-state index is -0.239. The molecule has 0 saturated heterocycles. The number of rotatable bonds is 6. The highest BCUT2D eigenvalue weighted by atomic mass is 32.1. The molecule has 0 atom stereocenters. The number of aromatic nitrogens is 6. The van der Waals surface area contributed by atoms with Gasteiger partial charge in [0.25, 0.3) is 5.91 Å². The lowest BCUT2D eigenvalue weighted by atomic mass is 10.3. The maximum atomic E-state index is 12.1. The zero-order valence-corrected chi connectivity index (χ0v) is 15.0. The molecule has 136 valence electrons. The normalized spacial score (nSPS) is 13.8. The van der Waals surface area contributed by atoms with E-state index in [2.05, 4.69) is 35.9 Å². The molecule has 5 rings (SSSR count). The summed E-state index contributed by atoms with van der Waals surface area (Å²) in [4.78, 5) is 20.7. The van der Waals surface area contributed by atoms with Crippen molar-refractivity contribution in [1.82, 2.24) is 35.1 Å². The van der Waals surface area contributed by atoms with Crippen LogP contribution >= 0.6 is 11.3 Å². The van der Waals surface area contributed by atoms with Crippen LogP contribution in [0.5, 0.6) is 0 Å². The number of fused-ring (bicyclic) bond motifs is 1. The molecule has 0 radical (unpaired) electrons. The van der Waals surface area contributed by atoms with E-state index in [0.29, 0.717) is 22.6 Å². The van der Waals surface area contributed by atoms with Crippen molar-refractivity contribution in [2.24, 2.45) is 0 Å². The molecule has 0 spiro atoms. The molecule has 27 heavy (non-hydrogen) atoms. The Hall–Kier alpha value is -3.27. The van der Waals surface area contributed by atoms with Crippen molar-refractivity contribution >= 4 is 34.4 Å². The second-order valence-corrected chi connectivity index (χ2v) is 7.24. The van der Waals surface area contributed by atoms with Crippen LogP contribution in [0.25, 0.3) is 5.52 Å². The lowest BCUT2D eigenvalue weighted by Gasteiger charge is -2.08. The summed E-state index contributed by atoms with van der Waals surface area (Å²) in [5.41, 5.74) is 1.98. The third kappa shape index (κ3) is 3.26. The van der Waals surface area contributed by atoms with Crippen LogP contribution in [-0.2, 0) is 6.54 Å². The number of carbonyl (C=O) groups is 1. The van der Waals surface area contributed by atoms with Crippen molar-refractivity contribution < 1.29 is 4.79 Å². The molecule has 9 nitrogen and oxygen atoms in total. The second-order valence-electron chi connectivity index (χ2n) is 6.34. The topological polar surface area (TPSA) is 113 Å². The molecule has 0 aliphatic heterocycles. The highest BCUT2D eigenvalue weighted by Crippen LogP contribution is 2.39. The van der Waals surface area contributed by atoms with Crippen molar-refractivity contribution in [2.45, 2.75) is 25.3 Å². The Bertz CT molecular complexity index is 1100. The molecule has 1 aliphatic rings. The summed E-state index contributed by atoms with van der Waals surface area (Å²) in [5.74, 6) is 2.21. The van der Waals surface area contributed by atoms with Gasteiger partial charge in [0.1, 0.15) is 5.52 Å². The van der Waals surface area contributed by atoms with Crippen LogP contribution in [0.15, 0.2) is 36.0 Å². The summed E-state index contributed by atoms with van der Waals surface area (Å²) in [6, 6.07) is 5.84. The van der Waals surface area contributed by atoms with E-state index in [0.717, 1.165) is 17.0 Å². The van der Waals surface area contributed by atoms with Gasteiger partial charge < -0.3 is 10.6 Å². The lowest BCUT2D eigenvalue weighted by molar-refractivity contribution is 0.0949. The first-order chi connectivity index (χ1) is 13.3. The fourth-order valence-corrected chi connectivity index (χ4v) is 3.39. The van der Waals surface area contributed by atoms with E-state index >= 15 is 0 Å². The summed E-state index contributed by atoms with van der Waals surface area (Å²) < 4.78 is 1.73. The number of nitrogens with one attached hydrogen (secondary N) is 3. The molecule has 4 aromatic heterocycles. The molecule has 4 heterocycles. The predicted octanol–water partition coefficient (Wildman–Crippen LogP) is 2.46. The molecule has 4 aromatic rings. The number of thiazole rings is 1. The fraction of sp³-hybridized carbons (Fsp3) is 0.235. The van der Waals surface area contributed by atoms with Crippen molar-refractivity contribution in [2.75, 3.05) is 5.32 Å². The van der Waals surface area contributed by atoms with Crippen LogP contribution in [0.1, 0.15) is 40.1 Å². The summed E-state index contributed by atoms with van der Waals surface area (Å²) in [6.07, 6.45) is 5.86. The Balaban J connectivity index is 1.37. The molecular formula is C17H16N8OS. The Labute approximate surface area is 157 Å². The van der Waals surface area contributed by atoms with Gasteiger partial charge in [-0.25, -0.2) is 14.5 Å². The zero-order valence-electron chi connectivity index (χ0n) is 14.2. The number of hydrogen-bond acceptors (Lipinski definition) is 7. The van der Waals surface area contributed by atoms with E-state index in [1.807, 2.05) is 24.4 Å². The molecule has 1 saturated carbocycles. The molecule has 10 heteroatoms. The Morgan fingerprint density at radius 1 is 1.41 bits per heavy atom. The van der Waals surface area contributed by atoms with Gasteiger partial charge in [0.05, 0.1) is 6.54 Å². The number of anilines is 2. The van der Waals surface area contributed by atoms with Crippen LogP contribution in [0, 0.1) is 0 Å². The highest BCUT2D eigenvalue weighted by molar-refractivity contribution is 7.11. The molecular weight excluding hydrogens is 364 g/mol. The first-order valence-corrected chi connectivity index (χ1v) is 9.48. The van der Waals surface area contributed by atoms with Gasteiger partial charge in [-0.3, -0.25) is 9.89 Å². The van der Waals surface area contributed by atoms with Gasteiger partial charge >= 0.3 is 0 Å². The van der Waals surface area contributed by atoms with Gasteiger partial charge in [0.15, 0.2) is 22.5 Å². The van der Waals surface area contributed by atoms with E-state index in [4.69, 9.17) is 0 Å². The standard InChI is InChI=1S/C17H16N8OS/c26-16(17-18-5-7-27-17)19-9-14-21-15(12-2-1-6-25(12)24-14)20-13-8-11(22-23-13)10-3-4-10/h1-2,5-8,10H,3-4,9H2,(H,19,26)(H2,20,21,22,23,24). The number of H-pyrrole nitrogens is 1. The molecule has 3 N–H and O–H groups in total. The maximum Gasteiger partial charge on any atom is 0.280 e. The minimum Gasteiger partial charge on any atom is -0.343 e. The average molecular weight is 380 g/mol. The zero-order chi connectivity index (χ0) is 18.2. The van der Waals surface area contributed by atoms with E-state index in [1.54, 1.807) is 16.1 Å². The third-order valence-corrected chi connectivity index (χ3v) is 5.10. The number of carbonyl (C=O) groups excluding carboxylic acids is 1. The summed E-state index contributed by atoms with van der Waals surface area (Å²) >= 11 is 1.29. The molecule has 0 bridgehead atoms. The van der Waals surface area contributed by atoms with Crippen molar-refractivity contribution in [3.8, 4) is 0 Å². The van der Waals surface area contributed by atoms with Crippen molar-refractivity contribution in [3.63, 3.8) is 0 Å². The third-order valence-electron chi connectivity index (χ3n) is 4.33. The van der Waals surface area contributed by atoms with Gasteiger partial charge in [0.2, 0.25) is 0 Å². The Kier molecular flexibility index (Phi) is 3.82. The van der Waals surface area contributed by atoms with Crippen LogP contribution < -0.4 is 10.6 Å². The highest BCUT2D eigenvalue weighted by Gasteiger charge is 2.25. The summed E-state index contributed by atoms with van der Waals surface area (Å²) in [7, 11) is 0. The molecule has 1 amide bonds. The first kappa shape index (κ1) is 15.9. The van der Waals surface area contributed by atoms with Crippen LogP contribution in [-0.4, -0.2) is 35.7 Å². The van der Waals surface area contributed by atoms with E-state index in [9.17, 15) is 4.79 Å². The van der Waals surface area contributed by atoms with E-state index in [-0.39, 0.29) is 12.5 Å². The predicted molar refractivity (Wildman–Crippen MR) is 100 cm³/mol. The monoisotopic (exact) mass is 380 g/mol. The van der Waals surface area contributed by atoms with E-state index < -0.39 is 0 Å². The SMILES string of the molecule is O=C(NCc1nc(Nc2cc(C3CC3)[nH]n2)c2cccn2n1)c1nccs1. The van der Waals surface area contributed by atoms with Gasteiger partial charge in [-0.05, 0) is 25.0 Å². The summed E-state index contributed by atoms with van der Waals surface area (Å²) in [5, 5.41) is 20.1. The molecule has 0 aromatic carbocycles. The van der Waals surface area contributed by atoms with Crippen LogP contribution in [0.4, 0.5) is 11.6 Å². The van der Waals surface area contributed by atoms with Gasteiger partial charge in [-0.1, -0.05) is 0 Å². The molecule has 1 fully saturated rings. The lowest BCUT2D eigenvalue weighted by Crippen LogP contribution is -2.24. The van der Waals surface area contributed by atoms with E-state index in [1.165, 1.54) is 24.2 Å². The summed E-state index contributed by atoms with van der Waals surface area (Å²) in [6.45, 7) is 0.203. The number of nitrogens with zero attached hydrogens (tertiary/aromatic N) is 5. The number of hydrogen-bond donors (Lipinski definition) is 3. The quantitative estimate of drug-likeness (QED) is 0.474. The van der Waals surface area contributed by atoms with Crippen LogP contribution in [0.2, 0.25) is 0 Å². The van der Waals surface area contributed by atoms with Gasteiger partial charge in [-0.15, -0.1) is 11.3 Å². The average Bonchev–Trinajstić information content (AvgIpc) is 3.10. The Morgan fingerprint density at radius 2 is 2.33 bits per heavy atom. The maximum absolute atomic E-state index is 12.1. The van der Waals surface area contributed by atoms with Gasteiger partial charge in [0, 0.05) is 35.5 Å². The smallest absolute Gasteiger partial charge is 0.280 e. The van der Waals surface area contributed by atoms with Gasteiger partial charge in [-0.2, -0.15) is 10.2 Å². The Morgan fingerprint density at radius 3 is 3.15 bits per heavy atom. The van der Waals surface area contributed by atoms with Crippen molar-refractivity contribution in [1.29, 1.82) is 0 Å². The van der Waals surface area contributed by atoms with Crippen molar-refractivity contribution in [3.05, 3.63) is 52.5 Å². The number of aromatic amines is 1. The second kappa shape index (κ2) is 6.47. The fourth-order valence-electron chi connectivity index (χ4n) is 2.84. The molecule has 1 aliphatic carbocycles. The number of amides is 1. The van der Waals surface area contributed by atoms with Crippen LogP contribution in [0.3, 0.4) is 0 Å². The first-order valence-electron chi connectivity index (χ1n) is 8.60.